The molecule has 43 heavy (non-hydrogen) atoms. The lowest BCUT2D eigenvalue weighted by Gasteiger charge is -2.64. The van der Waals surface area contributed by atoms with E-state index in [0.29, 0.717) is 33.8 Å². The molecule has 0 saturated heterocycles. The number of carbonyl (C=O) groups is 1. The number of benzene rings is 1. The van der Waals surface area contributed by atoms with Gasteiger partial charge >= 0.3 is 0 Å². The summed E-state index contributed by atoms with van der Waals surface area (Å²) in [5.41, 5.74) is 1.46. The molecule has 7 heteroatoms. The minimum Gasteiger partial charge on any atom is -0.502 e. The largest absolute Gasteiger partial charge is 0.502 e. The van der Waals surface area contributed by atoms with Crippen LogP contribution in [-0.4, -0.2) is 80.0 Å². The van der Waals surface area contributed by atoms with Crippen LogP contribution in [0.3, 0.4) is 0 Å². The summed E-state index contributed by atoms with van der Waals surface area (Å²) in [5, 5.41) is 21.6. The van der Waals surface area contributed by atoms with E-state index >= 15 is 0 Å². The summed E-state index contributed by atoms with van der Waals surface area (Å²) in [6.45, 7) is 10.1. The van der Waals surface area contributed by atoms with Crippen molar-refractivity contribution < 1.29 is 24.5 Å². The summed E-state index contributed by atoms with van der Waals surface area (Å²) in [4.78, 5) is 18.3. The molecule has 5 aliphatic carbocycles. The third-order valence-electron chi connectivity index (χ3n) is 15.2. The zero-order valence-electron chi connectivity index (χ0n) is 28.1. The Morgan fingerprint density at radius 3 is 2.09 bits per heavy atom. The van der Waals surface area contributed by atoms with Gasteiger partial charge in [-0.3, -0.25) is 4.79 Å². The quantitative estimate of drug-likeness (QED) is 0.390. The van der Waals surface area contributed by atoms with E-state index in [1.165, 1.54) is 52.7 Å². The van der Waals surface area contributed by atoms with Crippen molar-refractivity contribution in [2.75, 3.05) is 42.0 Å². The standard InChI is InChI=1S/C36H56N2O5/c1-22(37(5)6)24-12-14-34(4)28-11-10-27-32(2,21-39)29(13-15-35(27)20-36(28,35)17-16-33(24,34)3)38(7)31(41)23-18-25(42-8)30(40)26(19-23)43-9/h18-19,22,24,27-29,39-40H,10-17,20-21H2,1-9H3/t22-,24+,27-,28-,29-,32-,33+,34-,35+,36-/m0/s1. The lowest BCUT2D eigenvalue weighted by atomic mass is 9.41. The van der Waals surface area contributed by atoms with Crippen LogP contribution in [0, 0.1) is 44.8 Å². The summed E-state index contributed by atoms with van der Waals surface area (Å²) in [7, 11) is 9.33. The summed E-state index contributed by atoms with van der Waals surface area (Å²) < 4.78 is 10.7. The number of aliphatic hydroxyl groups is 1. The van der Waals surface area contributed by atoms with Gasteiger partial charge in [-0.05, 0) is 130 Å². The molecule has 2 N–H and O–H groups in total. The Morgan fingerprint density at radius 1 is 0.907 bits per heavy atom. The Bertz CT molecular complexity index is 1260. The molecule has 5 fully saturated rings. The van der Waals surface area contributed by atoms with E-state index in [4.69, 9.17) is 9.47 Å². The van der Waals surface area contributed by atoms with E-state index in [-0.39, 0.29) is 46.6 Å². The first-order valence-corrected chi connectivity index (χ1v) is 16.7. The molecule has 1 amide bonds. The van der Waals surface area contributed by atoms with Crippen LogP contribution in [0.4, 0.5) is 0 Å². The minimum atomic E-state index is -0.373. The average Bonchev–Trinajstić information content (AvgIpc) is 3.57. The number of carbonyl (C=O) groups excluding carboxylic acids is 1. The number of phenolic OH excluding ortho intramolecular Hbond substituents is 1. The molecule has 0 heterocycles. The van der Waals surface area contributed by atoms with Crippen molar-refractivity contribution in [3.8, 4) is 17.2 Å². The third-order valence-corrected chi connectivity index (χ3v) is 15.2. The summed E-state index contributed by atoms with van der Waals surface area (Å²) in [6, 6.07) is 3.70. The summed E-state index contributed by atoms with van der Waals surface area (Å²) in [6.07, 6.45) is 11.1. The predicted molar refractivity (Wildman–Crippen MR) is 169 cm³/mol. The molecule has 0 aliphatic heterocycles. The van der Waals surface area contributed by atoms with Gasteiger partial charge < -0.3 is 29.5 Å². The van der Waals surface area contributed by atoms with Crippen LogP contribution in [0.5, 0.6) is 17.2 Å². The Balaban J connectivity index is 1.28. The van der Waals surface area contributed by atoms with Crippen LogP contribution in [0.25, 0.3) is 0 Å². The van der Waals surface area contributed by atoms with Gasteiger partial charge in [0.25, 0.3) is 5.91 Å². The molecular weight excluding hydrogens is 540 g/mol. The van der Waals surface area contributed by atoms with Crippen molar-refractivity contribution in [2.24, 2.45) is 44.8 Å². The second-order valence-corrected chi connectivity index (χ2v) is 16.2. The molecule has 1 aromatic rings. The number of nitrogens with zero attached hydrogens (tertiary/aromatic N) is 2. The topological polar surface area (TPSA) is 82.5 Å². The molecule has 0 unspecified atom stereocenters. The fourth-order valence-corrected chi connectivity index (χ4v) is 12.6. The van der Waals surface area contributed by atoms with Crippen molar-refractivity contribution in [3.05, 3.63) is 17.7 Å². The van der Waals surface area contributed by atoms with Gasteiger partial charge in [0.15, 0.2) is 11.5 Å². The smallest absolute Gasteiger partial charge is 0.254 e. The number of phenols is 1. The molecule has 0 aromatic heterocycles. The van der Waals surface area contributed by atoms with Gasteiger partial charge in [0.1, 0.15) is 0 Å². The summed E-state index contributed by atoms with van der Waals surface area (Å²) >= 11 is 0. The maximum absolute atomic E-state index is 14.0. The van der Waals surface area contributed by atoms with Crippen molar-refractivity contribution in [1.82, 2.24) is 9.80 Å². The second-order valence-electron chi connectivity index (χ2n) is 16.2. The minimum absolute atomic E-state index is 0.0677. The number of amides is 1. The van der Waals surface area contributed by atoms with Gasteiger partial charge in [0, 0.05) is 30.1 Å². The Labute approximate surface area is 259 Å². The van der Waals surface area contributed by atoms with Crippen molar-refractivity contribution in [1.29, 1.82) is 0 Å². The normalized spacial score (nSPS) is 43.6. The average molecular weight is 597 g/mol. The zero-order chi connectivity index (χ0) is 31.3. The predicted octanol–water partition coefficient (Wildman–Crippen LogP) is 6.21. The van der Waals surface area contributed by atoms with Crippen LogP contribution in [-0.2, 0) is 0 Å². The fraction of sp³-hybridized carbons (Fsp3) is 0.806. The van der Waals surface area contributed by atoms with Crippen molar-refractivity contribution in [3.63, 3.8) is 0 Å². The number of hydrogen-bond donors (Lipinski definition) is 2. The molecule has 5 saturated carbocycles. The number of aromatic hydroxyl groups is 1. The molecule has 0 bridgehead atoms. The number of hydrogen-bond acceptors (Lipinski definition) is 6. The highest BCUT2D eigenvalue weighted by Crippen LogP contribution is 2.89. The van der Waals surface area contributed by atoms with Crippen molar-refractivity contribution >= 4 is 5.91 Å². The number of rotatable bonds is 7. The SMILES string of the molecule is COc1cc(C(=O)N(C)[C@H]2CC[C@]34C[C@]35CC[C@]3(C)[C@@H]([C@H](C)N(C)C)CC[C@@]3(C)[C@@H]5CC[C@H]4[C@]2(C)CO)cc(OC)c1O. The van der Waals surface area contributed by atoms with Crippen LogP contribution in [0.15, 0.2) is 12.1 Å². The van der Waals surface area contributed by atoms with E-state index in [1.54, 1.807) is 12.1 Å². The Morgan fingerprint density at radius 2 is 1.51 bits per heavy atom. The highest BCUT2D eigenvalue weighted by Gasteiger charge is 2.82. The first kappa shape index (κ1) is 31.0. The molecule has 5 aliphatic rings. The second kappa shape index (κ2) is 10.0. The first-order valence-electron chi connectivity index (χ1n) is 16.7. The van der Waals surface area contributed by atoms with Gasteiger partial charge in [0.2, 0.25) is 5.75 Å². The highest BCUT2D eigenvalue weighted by atomic mass is 16.5. The zero-order valence-corrected chi connectivity index (χ0v) is 28.1. The van der Waals surface area contributed by atoms with Crippen molar-refractivity contribution in [2.45, 2.75) is 97.6 Å². The lowest BCUT2D eigenvalue weighted by molar-refractivity contribution is -0.161. The van der Waals surface area contributed by atoms with Gasteiger partial charge in [-0.15, -0.1) is 0 Å². The fourth-order valence-electron chi connectivity index (χ4n) is 12.6. The lowest BCUT2D eigenvalue weighted by Crippen LogP contribution is -2.62. The summed E-state index contributed by atoms with van der Waals surface area (Å²) in [5.74, 6) is 2.09. The van der Waals surface area contributed by atoms with Crippen LogP contribution < -0.4 is 9.47 Å². The van der Waals surface area contributed by atoms with Crippen LogP contribution in [0.2, 0.25) is 0 Å². The third kappa shape index (κ3) is 3.82. The van der Waals surface area contributed by atoms with Gasteiger partial charge in [-0.1, -0.05) is 20.8 Å². The van der Waals surface area contributed by atoms with E-state index in [9.17, 15) is 15.0 Å². The van der Waals surface area contributed by atoms with E-state index in [2.05, 4.69) is 46.7 Å². The molecule has 240 valence electrons. The van der Waals surface area contributed by atoms with Crippen LogP contribution >= 0.6 is 0 Å². The molecule has 1 aromatic carbocycles. The van der Waals surface area contributed by atoms with Gasteiger partial charge in [-0.2, -0.15) is 0 Å². The van der Waals surface area contributed by atoms with E-state index in [1.807, 2.05) is 11.9 Å². The van der Waals surface area contributed by atoms with E-state index < -0.39 is 0 Å². The van der Waals surface area contributed by atoms with Crippen LogP contribution in [0.1, 0.15) is 95.8 Å². The molecule has 6 rings (SSSR count). The monoisotopic (exact) mass is 596 g/mol. The maximum atomic E-state index is 14.0. The maximum Gasteiger partial charge on any atom is 0.254 e. The molecular formula is C36H56N2O5. The Hall–Kier alpha value is -1.99. The molecule has 2 spiro atoms. The van der Waals surface area contributed by atoms with Gasteiger partial charge in [-0.25, -0.2) is 0 Å². The molecule has 10 atom stereocenters. The molecule has 0 radical (unpaired) electrons. The van der Waals surface area contributed by atoms with Gasteiger partial charge in [0.05, 0.1) is 20.8 Å². The number of methoxy groups -OCH3 is 2. The van der Waals surface area contributed by atoms with E-state index in [0.717, 1.165) is 31.1 Å². The Kier molecular flexibility index (Phi) is 7.22. The highest BCUT2D eigenvalue weighted by molar-refractivity contribution is 5.95. The number of aliphatic hydroxyl groups excluding tert-OH is 1. The number of ether oxygens (including phenoxy) is 2. The molecule has 7 nitrogen and oxygen atoms in total. The number of fused-ring (bicyclic) bond motifs is 2. The first-order chi connectivity index (χ1) is 20.2.